The maximum absolute atomic E-state index is 9.51. The van der Waals surface area contributed by atoms with Crippen LogP contribution in [0.1, 0.15) is 27.8 Å². The number of thiophene rings is 1. The fraction of sp³-hybridized carbons (Fsp3) is 0.0169. The number of fused-ring (bicyclic) bond motifs is 13. The molecule has 2 aliphatic rings. The molecule has 11 aromatic rings. The first-order chi connectivity index (χ1) is 31.7. The van der Waals surface area contributed by atoms with Crippen molar-refractivity contribution in [1.29, 1.82) is 5.26 Å². The predicted molar refractivity (Wildman–Crippen MR) is 261 cm³/mol. The Hall–Kier alpha value is -8.30. The second kappa shape index (κ2) is 14.1. The Morgan fingerprint density at radius 3 is 1.52 bits per heavy atom. The third-order valence-corrected chi connectivity index (χ3v) is 14.4. The second-order valence-corrected chi connectivity index (χ2v) is 17.7. The molecule has 0 saturated heterocycles. The van der Waals surface area contributed by atoms with Gasteiger partial charge in [-0.05, 0) is 91.0 Å². The van der Waals surface area contributed by atoms with Crippen molar-refractivity contribution in [3.05, 3.63) is 234 Å². The van der Waals surface area contributed by atoms with Gasteiger partial charge in [0.05, 0.1) is 17.0 Å². The summed E-state index contributed by atoms with van der Waals surface area (Å²) in [5, 5.41) is 11.7. The fourth-order valence-corrected chi connectivity index (χ4v) is 11.5. The Labute approximate surface area is 374 Å². The third kappa shape index (κ3) is 5.37. The lowest BCUT2D eigenvalue weighted by Crippen LogP contribution is -2.25. The Balaban J connectivity index is 0.859. The fourth-order valence-electron chi connectivity index (χ4n) is 10.4. The van der Waals surface area contributed by atoms with Crippen LogP contribution in [0.15, 0.2) is 206 Å². The largest absolute Gasteiger partial charge is 0.208 e. The van der Waals surface area contributed by atoms with Crippen LogP contribution in [-0.2, 0) is 5.41 Å². The summed E-state index contributed by atoms with van der Waals surface area (Å²) < 4.78 is 2.27. The number of aromatic nitrogens is 3. The van der Waals surface area contributed by atoms with Crippen LogP contribution in [0.2, 0.25) is 0 Å². The minimum Gasteiger partial charge on any atom is -0.208 e. The van der Waals surface area contributed by atoms with Gasteiger partial charge < -0.3 is 0 Å². The summed E-state index contributed by atoms with van der Waals surface area (Å²) in [6.45, 7) is 0. The predicted octanol–water partition coefficient (Wildman–Crippen LogP) is 14.8. The quantitative estimate of drug-likeness (QED) is 0.173. The van der Waals surface area contributed by atoms with Crippen molar-refractivity contribution in [2.75, 3.05) is 0 Å². The van der Waals surface area contributed by atoms with E-state index in [4.69, 9.17) is 15.0 Å². The zero-order valence-electron chi connectivity index (χ0n) is 34.3. The van der Waals surface area contributed by atoms with Gasteiger partial charge in [-0.15, -0.1) is 11.3 Å². The van der Waals surface area contributed by atoms with Gasteiger partial charge in [0, 0.05) is 36.9 Å². The molecule has 4 nitrogen and oxygen atoms in total. The van der Waals surface area contributed by atoms with Crippen LogP contribution in [0.25, 0.3) is 98.8 Å². The van der Waals surface area contributed by atoms with Crippen LogP contribution < -0.4 is 0 Å². The molecule has 2 aromatic heterocycles. The van der Waals surface area contributed by atoms with E-state index in [9.17, 15) is 5.26 Å². The van der Waals surface area contributed by atoms with Crippen molar-refractivity contribution in [2.24, 2.45) is 0 Å². The van der Waals surface area contributed by atoms with E-state index in [2.05, 4.69) is 164 Å². The first-order valence-electron chi connectivity index (χ1n) is 21.5. The first-order valence-corrected chi connectivity index (χ1v) is 22.3. The standard InChI is InChI=1S/C59H34N4S/c60-35-36-21-32-53-48(33-36)46-31-30-42(34-54(46)64-53)58-62-56(40-11-2-1-3-12-40)61-57(63-58)41-28-24-38(25-29-41)37-22-26-39(27-23-37)43-16-10-20-52-55(43)47-15-6-9-19-51(47)59(52)49-17-7-4-13-44(49)45-14-5-8-18-50(45)59/h1-34H. The molecule has 13 rings (SSSR count). The molecule has 9 aromatic carbocycles. The number of benzene rings is 9. The molecule has 0 saturated carbocycles. The molecule has 0 amide bonds. The van der Waals surface area contributed by atoms with Crippen molar-refractivity contribution in [1.82, 2.24) is 15.0 Å². The number of hydrogen-bond donors (Lipinski definition) is 0. The summed E-state index contributed by atoms with van der Waals surface area (Å²) in [6.07, 6.45) is 0. The molecule has 64 heavy (non-hydrogen) atoms. The Morgan fingerprint density at radius 1 is 0.359 bits per heavy atom. The summed E-state index contributed by atoms with van der Waals surface area (Å²) in [7, 11) is 0. The highest BCUT2D eigenvalue weighted by Crippen LogP contribution is 2.64. The molecule has 0 fully saturated rings. The Kier molecular flexibility index (Phi) is 8.02. The van der Waals surface area contributed by atoms with Crippen LogP contribution in [0, 0.1) is 11.3 Å². The zero-order chi connectivity index (χ0) is 42.4. The van der Waals surface area contributed by atoms with Crippen molar-refractivity contribution in [2.45, 2.75) is 5.41 Å². The molecule has 0 bridgehead atoms. The van der Waals surface area contributed by atoms with Gasteiger partial charge in [-0.3, -0.25) is 0 Å². The van der Waals surface area contributed by atoms with Gasteiger partial charge in [0.25, 0.3) is 0 Å². The van der Waals surface area contributed by atoms with Crippen molar-refractivity contribution in [3.63, 3.8) is 0 Å². The van der Waals surface area contributed by atoms with Gasteiger partial charge in [-0.2, -0.15) is 5.26 Å². The van der Waals surface area contributed by atoms with E-state index < -0.39 is 0 Å². The lowest BCUT2D eigenvalue weighted by Gasteiger charge is -2.30. The number of nitrogens with zero attached hydrogens (tertiary/aromatic N) is 4. The topological polar surface area (TPSA) is 62.5 Å². The first kappa shape index (κ1) is 36.4. The van der Waals surface area contributed by atoms with E-state index in [1.807, 2.05) is 48.5 Å². The minimum absolute atomic E-state index is 0.366. The number of rotatable bonds is 5. The van der Waals surface area contributed by atoms with E-state index in [0.717, 1.165) is 48.0 Å². The average Bonchev–Trinajstić information content (AvgIpc) is 4.00. The van der Waals surface area contributed by atoms with E-state index in [0.29, 0.717) is 23.0 Å². The summed E-state index contributed by atoms with van der Waals surface area (Å²) in [5.41, 5.74) is 18.4. The van der Waals surface area contributed by atoms with Gasteiger partial charge >= 0.3 is 0 Å². The molecule has 0 atom stereocenters. The molecular formula is C59H34N4S. The van der Waals surface area contributed by atoms with E-state index in [1.54, 1.807) is 11.3 Å². The smallest absolute Gasteiger partial charge is 0.164 e. The Morgan fingerprint density at radius 2 is 0.859 bits per heavy atom. The normalized spacial score (nSPS) is 12.8. The average molecular weight is 831 g/mol. The van der Waals surface area contributed by atoms with Crippen LogP contribution >= 0.6 is 11.3 Å². The molecular weight excluding hydrogens is 797 g/mol. The number of nitriles is 1. The highest BCUT2D eigenvalue weighted by molar-refractivity contribution is 7.25. The molecule has 296 valence electrons. The second-order valence-electron chi connectivity index (χ2n) is 16.6. The summed E-state index contributed by atoms with van der Waals surface area (Å²) in [4.78, 5) is 15.1. The summed E-state index contributed by atoms with van der Waals surface area (Å²) in [6, 6.07) is 75.9. The van der Waals surface area contributed by atoms with Gasteiger partial charge in [0.1, 0.15) is 0 Å². The summed E-state index contributed by atoms with van der Waals surface area (Å²) in [5.74, 6) is 1.85. The highest BCUT2D eigenvalue weighted by Gasteiger charge is 2.51. The van der Waals surface area contributed by atoms with E-state index >= 15 is 0 Å². The lowest BCUT2D eigenvalue weighted by atomic mass is 9.70. The number of hydrogen-bond acceptors (Lipinski definition) is 5. The SMILES string of the molecule is N#Cc1ccc2sc3cc(-c4nc(-c5ccccc5)nc(-c5ccc(-c6ccc(-c7cccc8c7-c7ccccc7C87c8ccccc8-c8ccccc87)cc6)cc5)n4)ccc3c2c1. The monoisotopic (exact) mass is 830 g/mol. The maximum atomic E-state index is 9.51. The molecule has 0 N–H and O–H groups in total. The van der Waals surface area contributed by atoms with Crippen LogP contribution in [0.5, 0.6) is 0 Å². The van der Waals surface area contributed by atoms with Crippen LogP contribution in [0.3, 0.4) is 0 Å². The van der Waals surface area contributed by atoms with E-state index in [-0.39, 0.29) is 5.41 Å². The van der Waals surface area contributed by atoms with Gasteiger partial charge in [-0.25, -0.2) is 15.0 Å². The lowest BCUT2D eigenvalue weighted by molar-refractivity contribution is 0.794. The molecule has 5 heteroatoms. The van der Waals surface area contributed by atoms with E-state index in [1.165, 1.54) is 55.6 Å². The van der Waals surface area contributed by atoms with Crippen LogP contribution in [-0.4, -0.2) is 15.0 Å². The highest BCUT2D eigenvalue weighted by atomic mass is 32.1. The minimum atomic E-state index is -0.366. The van der Waals surface area contributed by atoms with Gasteiger partial charge in [-0.1, -0.05) is 182 Å². The summed E-state index contributed by atoms with van der Waals surface area (Å²) >= 11 is 1.71. The Bertz CT molecular complexity index is 3680. The molecule has 0 radical (unpaired) electrons. The molecule has 2 heterocycles. The van der Waals surface area contributed by atoms with Gasteiger partial charge in [0.2, 0.25) is 0 Å². The van der Waals surface area contributed by atoms with Crippen molar-refractivity contribution >= 4 is 31.5 Å². The van der Waals surface area contributed by atoms with Crippen molar-refractivity contribution in [3.8, 4) is 84.7 Å². The van der Waals surface area contributed by atoms with Crippen molar-refractivity contribution < 1.29 is 0 Å². The van der Waals surface area contributed by atoms with Gasteiger partial charge in [0.15, 0.2) is 17.5 Å². The molecule has 1 spiro atoms. The molecule has 0 unspecified atom stereocenters. The van der Waals surface area contributed by atoms with Crippen LogP contribution in [0.4, 0.5) is 0 Å². The molecule has 2 aliphatic carbocycles. The third-order valence-electron chi connectivity index (χ3n) is 13.2. The zero-order valence-corrected chi connectivity index (χ0v) is 35.1. The maximum Gasteiger partial charge on any atom is 0.164 e. The molecule has 0 aliphatic heterocycles.